The fraction of sp³-hybridized carbons (Fsp3) is 0.600. The number of aliphatic hydroxyl groups excluding tert-OH is 1. The third kappa shape index (κ3) is 8.76. The van der Waals surface area contributed by atoms with Crippen molar-refractivity contribution in [3.05, 3.63) is 35.9 Å². The fourth-order valence-electron chi connectivity index (χ4n) is 5.25. The summed E-state index contributed by atoms with van der Waals surface area (Å²) in [5, 5.41) is 23.2. The maximum Gasteiger partial charge on any atom is 0.246 e. The lowest BCUT2D eigenvalue weighted by atomic mass is 9.96. The zero-order valence-corrected chi connectivity index (χ0v) is 25.2. The smallest absolute Gasteiger partial charge is 0.246 e. The van der Waals surface area contributed by atoms with Crippen LogP contribution in [0.2, 0.25) is 0 Å². The molecule has 1 aromatic rings. The van der Waals surface area contributed by atoms with Crippen LogP contribution in [0.4, 0.5) is 0 Å². The maximum absolute atomic E-state index is 13.7. The number of aliphatic hydroxyl groups is 1. The number of rotatable bonds is 6. The predicted octanol–water partition coefficient (Wildman–Crippen LogP) is -1.02. The van der Waals surface area contributed by atoms with Crippen LogP contribution in [-0.4, -0.2) is 95.4 Å². The van der Waals surface area contributed by atoms with E-state index in [0.717, 1.165) is 5.56 Å². The van der Waals surface area contributed by atoms with Gasteiger partial charge in [0.1, 0.15) is 30.2 Å². The first kappa shape index (κ1) is 33.5. The lowest BCUT2D eigenvalue weighted by Crippen LogP contribution is -2.62. The molecule has 0 aliphatic carbocycles. The Kier molecular flexibility index (Phi) is 12.0. The molecule has 0 radical (unpaired) electrons. The molecule has 2 heterocycles. The molecule has 0 aromatic heterocycles. The van der Waals surface area contributed by atoms with Gasteiger partial charge in [-0.2, -0.15) is 0 Å². The van der Waals surface area contributed by atoms with Gasteiger partial charge in [-0.1, -0.05) is 64.4 Å². The van der Waals surface area contributed by atoms with Crippen molar-refractivity contribution in [3.63, 3.8) is 0 Å². The molecule has 6 amide bonds. The van der Waals surface area contributed by atoms with Crippen molar-refractivity contribution in [3.8, 4) is 0 Å². The summed E-state index contributed by atoms with van der Waals surface area (Å²) in [5.74, 6) is -4.39. The van der Waals surface area contributed by atoms with Gasteiger partial charge >= 0.3 is 0 Å². The highest BCUT2D eigenvalue weighted by molar-refractivity contribution is 5.98. The van der Waals surface area contributed by atoms with Crippen molar-refractivity contribution in [2.24, 2.45) is 11.8 Å². The zero-order valence-electron chi connectivity index (χ0n) is 25.2. The van der Waals surface area contributed by atoms with Crippen LogP contribution in [0.3, 0.4) is 0 Å². The lowest BCUT2D eigenvalue weighted by Gasteiger charge is -2.32. The number of hydrogen-bond acceptors (Lipinski definition) is 7. The molecule has 6 N–H and O–H groups in total. The minimum Gasteiger partial charge on any atom is -0.394 e. The standard InChI is InChI=1S/C30H44N6O7/c1-5-18(4)25-30(43)36-13-9-12-22(36)28(41)31-15-23(38)34-24(17(2)3)29(42)32-20(14-19-10-7-6-8-11-19)26(39)33-21(16-37)27(40)35-25/h6-8,10-11,17-18,20-22,24-25,37H,5,9,12-16H2,1-4H3,(H,31,41)(H,32,42)(H,33,39)(H,34,38)(H,35,40)/t18-,20-,21-,22-,24+,25-/m0/s1. The van der Waals surface area contributed by atoms with Gasteiger partial charge in [-0.3, -0.25) is 28.8 Å². The molecule has 2 aliphatic heterocycles. The second kappa shape index (κ2) is 15.5. The summed E-state index contributed by atoms with van der Waals surface area (Å²) in [6, 6.07) is 3.45. The first-order valence-electron chi connectivity index (χ1n) is 14.9. The Morgan fingerprint density at radius 2 is 1.49 bits per heavy atom. The topological polar surface area (TPSA) is 186 Å². The molecule has 6 atom stereocenters. The van der Waals surface area contributed by atoms with E-state index in [0.29, 0.717) is 25.8 Å². The molecule has 0 unspecified atom stereocenters. The van der Waals surface area contributed by atoms with Gasteiger partial charge in [-0.05, 0) is 30.2 Å². The molecule has 13 nitrogen and oxygen atoms in total. The van der Waals surface area contributed by atoms with Crippen LogP contribution < -0.4 is 26.6 Å². The fourth-order valence-corrected chi connectivity index (χ4v) is 5.25. The third-order valence-electron chi connectivity index (χ3n) is 8.04. The molecule has 236 valence electrons. The largest absolute Gasteiger partial charge is 0.394 e. The van der Waals surface area contributed by atoms with E-state index in [1.165, 1.54) is 4.90 Å². The molecule has 3 rings (SSSR count). The number of amides is 6. The summed E-state index contributed by atoms with van der Waals surface area (Å²) < 4.78 is 0. The molecule has 0 saturated carbocycles. The van der Waals surface area contributed by atoms with Crippen LogP contribution in [0.15, 0.2) is 30.3 Å². The molecule has 1 aromatic carbocycles. The van der Waals surface area contributed by atoms with Crippen molar-refractivity contribution in [1.29, 1.82) is 0 Å². The summed E-state index contributed by atoms with van der Waals surface area (Å²) in [6.07, 6.45) is 1.54. The number of benzene rings is 1. The Bertz CT molecular complexity index is 1180. The second-order valence-corrected chi connectivity index (χ2v) is 11.6. The van der Waals surface area contributed by atoms with Crippen molar-refractivity contribution >= 4 is 35.4 Å². The first-order chi connectivity index (χ1) is 20.5. The Morgan fingerprint density at radius 1 is 0.837 bits per heavy atom. The van der Waals surface area contributed by atoms with Gasteiger partial charge in [0, 0.05) is 13.0 Å². The maximum atomic E-state index is 13.7. The van der Waals surface area contributed by atoms with E-state index in [4.69, 9.17) is 0 Å². The Hall–Kier alpha value is -4.00. The summed E-state index contributed by atoms with van der Waals surface area (Å²) in [4.78, 5) is 81.3. The summed E-state index contributed by atoms with van der Waals surface area (Å²) in [6.45, 7) is 6.22. The van der Waals surface area contributed by atoms with Gasteiger partial charge in [-0.15, -0.1) is 0 Å². The lowest BCUT2D eigenvalue weighted by molar-refractivity contribution is -0.143. The summed E-state index contributed by atoms with van der Waals surface area (Å²) in [7, 11) is 0. The zero-order chi connectivity index (χ0) is 31.7. The highest BCUT2D eigenvalue weighted by Gasteiger charge is 2.40. The molecule has 2 saturated heterocycles. The monoisotopic (exact) mass is 600 g/mol. The average Bonchev–Trinajstić information content (AvgIpc) is 3.49. The Balaban J connectivity index is 1.98. The molecule has 13 heteroatoms. The number of nitrogens with one attached hydrogen (secondary N) is 5. The predicted molar refractivity (Wildman–Crippen MR) is 157 cm³/mol. The van der Waals surface area contributed by atoms with E-state index in [-0.39, 0.29) is 18.3 Å². The molecular formula is C30H44N6O7. The van der Waals surface area contributed by atoms with E-state index in [1.54, 1.807) is 51.1 Å². The second-order valence-electron chi connectivity index (χ2n) is 11.6. The molecular weight excluding hydrogens is 556 g/mol. The molecule has 0 spiro atoms. The van der Waals surface area contributed by atoms with Crippen LogP contribution in [-0.2, 0) is 35.2 Å². The van der Waals surface area contributed by atoms with Gasteiger partial charge in [0.25, 0.3) is 0 Å². The average molecular weight is 601 g/mol. The number of carbonyl (C=O) groups excluding carboxylic acids is 6. The van der Waals surface area contributed by atoms with Crippen molar-refractivity contribution in [1.82, 2.24) is 31.5 Å². The van der Waals surface area contributed by atoms with E-state index in [9.17, 15) is 33.9 Å². The van der Waals surface area contributed by atoms with Gasteiger partial charge < -0.3 is 36.6 Å². The van der Waals surface area contributed by atoms with Gasteiger partial charge in [0.2, 0.25) is 35.4 Å². The minimum atomic E-state index is -1.42. The van der Waals surface area contributed by atoms with Gasteiger partial charge in [-0.25, -0.2) is 0 Å². The van der Waals surface area contributed by atoms with E-state index >= 15 is 0 Å². The van der Waals surface area contributed by atoms with Crippen LogP contribution in [0.25, 0.3) is 0 Å². The van der Waals surface area contributed by atoms with Crippen molar-refractivity contribution < 1.29 is 33.9 Å². The van der Waals surface area contributed by atoms with E-state index < -0.39 is 78.8 Å². The number of nitrogens with zero attached hydrogens (tertiary/aromatic N) is 1. The highest BCUT2D eigenvalue weighted by Crippen LogP contribution is 2.21. The number of fused-ring (bicyclic) bond motifs is 1. The molecule has 2 aliphatic rings. The van der Waals surface area contributed by atoms with Crippen LogP contribution >= 0.6 is 0 Å². The number of carbonyl (C=O) groups is 6. The molecule has 2 fully saturated rings. The SMILES string of the molecule is CC[C@H](C)[C@@H]1NC(=O)[C@H](CO)NC(=O)[C@H](Cc2ccccc2)NC(=O)[C@@H](C(C)C)NC(=O)CNC(=O)[C@@H]2CCCN2C1=O. The normalized spacial score (nSPS) is 27.2. The summed E-state index contributed by atoms with van der Waals surface area (Å²) >= 11 is 0. The Labute approximate surface area is 251 Å². The third-order valence-corrected chi connectivity index (χ3v) is 8.04. The molecule has 43 heavy (non-hydrogen) atoms. The van der Waals surface area contributed by atoms with Gasteiger partial charge in [0.05, 0.1) is 13.2 Å². The minimum absolute atomic E-state index is 0.0668. The quantitative estimate of drug-likeness (QED) is 0.241. The van der Waals surface area contributed by atoms with Crippen molar-refractivity contribution in [2.75, 3.05) is 19.7 Å². The summed E-state index contributed by atoms with van der Waals surface area (Å²) in [5.41, 5.74) is 0.727. The van der Waals surface area contributed by atoms with Crippen LogP contribution in [0, 0.1) is 11.8 Å². The Morgan fingerprint density at radius 3 is 2.12 bits per heavy atom. The highest BCUT2D eigenvalue weighted by atomic mass is 16.3. The number of hydrogen-bond donors (Lipinski definition) is 6. The van der Waals surface area contributed by atoms with Crippen LogP contribution in [0.5, 0.6) is 0 Å². The molecule has 0 bridgehead atoms. The van der Waals surface area contributed by atoms with E-state index in [2.05, 4.69) is 26.6 Å². The van der Waals surface area contributed by atoms with Crippen LogP contribution in [0.1, 0.15) is 52.5 Å². The van der Waals surface area contributed by atoms with E-state index in [1.807, 2.05) is 6.92 Å². The van der Waals surface area contributed by atoms with Crippen molar-refractivity contribution in [2.45, 2.75) is 83.6 Å². The first-order valence-corrected chi connectivity index (χ1v) is 14.9. The van der Waals surface area contributed by atoms with Gasteiger partial charge in [0.15, 0.2) is 0 Å².